The standard InChI is InChI=1S/C9H20N2O/c1-4-5-8(3)11-9(12)6-7(2)10/h7-8H,4-6,10H2,1-3H3,(H,11,12). The lowest BCUT2D eigenvalue weighted by Gasteiger charge is -2.13. The molecule has 0 heterocycles. The molecule has 0 aromatic rings. The topological polar surface area (TPSA) is 55.1 Å². The Morgan fingerprint density at radius 2 is 2.08 bits per heavy atom. The van der Waals surface area contributed by atoms with Gasteiger partial charge in [0.2, 0.25) is 5.91 Å². The van der Waals surface area contributed by atoms with Crippen molar-refractivity contribution in [2.24, 2.45) is 5.73 Å². The maximum absolute atomic E-state index is 11.1. The summed E-state index contributed by atoms with van der Waals surface area (Å²) in [4.78, 5) is 11.1. The lowest BCUT2D eigenvalue weighted by atomic mass is 10.2. The van der Waals surface area contributed by atoms with Crippen LogP contribution in [0.3, 0.4) is 0 Å². The summed E-state index contributed by atoms with van der Waals surface area (Å²) < 4.78 is 0. The van der Waals surface area contributed by atoms with E-state index in [1.165, 1.54) is 0 Å². The molecule has 12 heavy (non-hydrogen) atoms. The molecule has 0 radical (unpaired) electrons. The van der Waals surface area contributed by atoms with Crippen molar-refractivity contribution in [3.63, 3.8) is 0 Å². The Morgan fingerprint density at radius 1 is 1.50 bits per heavy atom. The number of nitrogens with two attached hydrogens (primary N) is 1. The molecule has 2 atom stereocenters. The van der Waals surface area contributed by atoms with E-state index in [4.69, 9.17) is 5.73 Å². The van der Waals surface area contributed by atoms with Crippen LogP contribution in [0, 0.1) is 0 Å². The predicted octanol–water partition coefficient (Wildman–Crippen LogP) is 1.03. The third-order valence-corrected chi connectivity index (χ3v) is 1.64. The van der Waals surface area contributed by atoms with Crippen molar-refractivity contribution in [1.82, 2.24) is 5.32 Å². The molecule has 2 unspecified atom stereocenters. The van der Waals surface area contributed by atoms with Gasteiger partial charge >= 0.3 is 0 Å². The van der Waals surface area contributed by atoms with E-state index in [-0.39, 0.29) is 18.0 Å². The summed E-state index contributed by atoms with van der Waals surface area (Å²) in [5.74, 6) is 0.0611. The third-order valence-electron chi connectivity index (χ3n) is 1.64. The van der Waals surface area contributed by atoms with Gasteiger partial charge in [0.05, 0.1) is 0 Å². The summed E-state index contributed by atoms with van der Waals surface area (Å²) in [6.07, 6.45) is 2.55. The number of rotatable bonds is 5. The van der Waals surface area contributed by atoms with Crippen molar-refractivity contribution < 1.29 is 4.79 Å². The van der Waals surface area contributed by atoms with Gasteiger partial charge in [-0.3, -0.25) is 4.79 Å². The van der Waals surface area contributed by atoms with Gasteiger partial charge < -0.3 is 11.1 Å². The number of nitrogens with one attached hydrogen (secondary N) is 1. The Kier molecular flexibility index (Phi) is 5.72. The third kappa shape index (κ3) is 6.16. The number of hydrogen-bond acceptors (Lipinski definition) is 2. The van der Waals surface area contributed by atoms with E-state index in [1.54, 1.807) is 0 Å². The zero-order valence-electron chi connectivity index (χ0n) is 8.26. The second-order valence-corrected chi connectivity index (χ2v) is 3.44. The second-order valence-electron chi connectivity index (χ2n) is 3.44. The highest BCUT2D eigenvalue weighted by Crippen LogP contribution is 1.96. The fourth-order valence-corrected chi connectivity index (χ4v) is 1.13. The second kappa shape index (κ2) is 6.00. The molecule has 0 bridgehead atoms. The van der Waals surface area contributed by atoms with Gasteiger partial charge in [-0.25, -0.2) is 0 Å². The maximum Gasteiger partial charge on any atom is 0.221 e. The molecule has 3 heteroatoms. The molecule has 0 aromatic carbocycles. The first-order chi connectivity index (χ1) is 5.56. The molecule has 0 saturated heterocycles. The summed E-state index contributed by atoms with van der Waals surface area (Å²) in [5.41, 5.74) is 5.48. The molecule has 0 aromatic heterocycles. The fraction of sp³-hybridized carbons (Fsp3) is 0.889. The van der Waals surface area contributed by atoms with E-state index >= 15 is 0 Å². The van der Waals surface area contributed by atoms with Crippen LogP contribution >= 0.6 is 0 Å². The van der Waals surface area contributed by atoms with Crippen molar-refractivity contribution in [3.05, 3.63) is 0 Å². The van der Waals surface area contributed by atoms with E-state index < -0.39 is 0 Å². The summed E-state index contributed by atoms with van der Waals surface area (Å²) in [6, 6.07) is 0.236. The number of amides is 1. The normalized spacial score (nSPS) is 15.3. The van der Waals surface area contributed by atoms with Crippen molar-refractivity contribution >= 4 is 5.91 Å². The van der Waals surface area contributed by atoms with Crippen LogP contribution in [-0.4, -0.2) is 18.0 Å². The maximum atomic E-state index is 11.1. The molecule has 1 amide bonds. The van der Waals surface area contributed by atoms with Gasteiger partial charge in [-0.1, -0.05) is 13.3 Å². The van der Waals surface area contributed by atoms with Crippen molar-refractivity contribution in [3.8, 4) is 0 Å². The number of carbonyl (C=O) groups excluding carboxylic acids is 1. The molecule has 0 rings (SSSR count). The first-order valence-electron chi connectivity index (χ1n) is 4.61. The Balaban J connectivity index is 3.54. The van der Waals surface area contributed by atoms with Crippen molar-refractivity contribution in [2.45, 2.75) is 52.1 Å². The van der Waals surface area contributed by atoms with Gasteiger partial charge in [0.1, 0.15) is 0 Å². The fourth-order valence-electron chi connectivity index (χ4n) is 1.13. The van der Waals surface area contributed by atoms with Crippen LogP contribution < -0.4 is 11.1 Å². The first-order valence-corrected chi connectivity index (χ1v) is 4.61. The van der Waals surface area contributed by atoms with Gasteiger partial charge in [0, 0.05) is 18.5 Å². The average Bonchev–Trinajstić information content (AvgIpc) is 1.84. The molecular formula is C9H20N2O. The first kappa shape index (κ1) is 11.4. The highest BCUT2D eigenvalue weighted by molar-refractivity contribution is 5.76. The molecule has 0 aliphatic heterocycles. The molecule has 0 spiro atoms. The monoisotopic (exact) mass is 172 g/mol. The lowest BCUT2D eigenvalue weighted by Crippen LogP contribution is -2.35. The van der Waals surface area contributed by atoms with Gasteiger partial charge in [0.15, 0.2) is 0 Å². The molecule has 3 N–H and O–H groups in total. The van der Waals surface area contributed by atoms with Crippen LogP contribution in [0.2, 0.25) is 0 Å². The quantitative estimate of drug-likeness (QED) is 0.650. The minimum absolute atomic E-state index is 0.0428. The van der Waals surface area contributed by atoms with Crippen LogP contribution in [0.5, 0.6) is 0 Å². The predicted molar refractivity (Wildman–Crippen MR) is 50.8 cm³/mol. The van der Waals surface area contributed by atoms with Crippen LogP contribution in [0.25, 0.3) is 0 Å². The van der Waals surface area contributed by atoms with E-state index in [2.05, 4.69) is 12.2 Å². The smallest absolute Gasteiger partial charge is 0.221 e. The van der Waals surface area contributed by atoms with Crippen molar-refractivity contribution in [1.29, 1.82) is 0 Å². The highest BCUT2D eigenvalue weighted by atomic mass is 16.1. The largest absolute Gasteiger partial charge is 0.354 e. The average molecular weight is 172 g/mol. The van der Waals surface area contributed by atoms with Gasteiger partial charge in [-0.15, -0.1) is 0 Å². The SMILES string of the molecule is CCCC(C)NC(=O)CC(C)N. The lowest BCUT2D eigenvalue weighted by molar-refractivity contribution is -0.121. The molecule has 0 aliphatic rings. The molecule has 0 saturated carbocycles. The summed E-state index contributed by atoms with van der Waals surface area (Å²) in [5, 5.41) is 2.89. The zero-order chi connectivity index (χ0) is 9.56. The van der Waals surface area contributed by atoms with Crippen molar-refractivity contribution in [2.75, 3.05) is 0 Å². The van der Waals surface area contributed by atoms with Gasteiger partial charge in [-0.05, 0) is 20.3 Å². The zero-order valence-corrected chi connectivity index (χ0v) is 8.26. The van der Waals surface area contributed by atoms with E-state index in [0.717, 1.165) is 12.8 Å². The summed E-state index contributed by atoms with van der Waals surface area (Å²) >= 11 is 0. The van der Waals surface area contributed by atoms with E-state index in [0.29, 0.717) is 6.42 Å². The molecule has 3 nitrogen and oxygen atoms in total. The van der Waals surface area contributed by atoms with Gasteiger partial charge in [0.25, 0.3) is 0 Å². The highest BCUT2D eigenvalue weighted by Gasteiger charge is 2.07. The summed E-state index contributed by atoms with van der Waals surface area (Å²) in [6.45, 7) is 5.96. The number of hydrogen-bond donors (Lipinski definition) is 2. The molecule has 0 aliphatic carbocycles. The van der Waals surface area contributed by atoms with E-state index in [1.807, 2.05) is 13.8 Å². The number of carbonyl (C=O) groups is 1. The Hall–Kier alpha value is -0.570. The molecule has 72 valence electrons. The minimum atomic E-state index is -0.0428. The molecule has 0 fully saturated rings. The Morgan fingerprint density at radius 3 is 2.50 bits per heavy atom. The van der Waals surface area contributed by atoms with Crippen LogP contribution in [0.1, 0.15) is 40.0 Å². The van der Waals surface area contributed by atoms with Gasteiger partial charge in [-0.2, -0.15) is 0 Å². The minimum Gasteiger partial charge on any atom is -0.354 e. The van der Waals surface area contributed by atoms with Crippen LogP contribution in [0.15, 0.2) is 0 Å². The molecular weight excluding hydrogens is 152 g/mol. The van der Waals surface area contributed by atoms with E-state index in [9.17, 15) is 4.79 Å². The Bertz CT molecular complexity index is 134. The summed E-state index contributed by atoms with van der Waals surface area (Å²) in [7, 11) is 0. The Labute approximate surface area is 74.7 Å². The van der Waals surface area contributed by atoms with Crippen LogP contribution in [0.4, 0.5) is 0 Å². The van der Waals surface area contributed by atoms with Crippen LogP contribution in [-0.2, 0) is 4.79 Å².